The van der Waals surface area contributed by atoms with Gasteiger partial charge in [-0.2, -0.15) is 0 Å². The van der Waals surface area contributed by atoms with Gasteiger partial charge in [0.1, 0.15) is 0 Å². The van der Waals surface area contributed by atoms with Crippen LogP contribution in [0.2, 0.25) is 0 Å². The van der Waals surface area contributed by atoms with E-state index in [0.29, 0.717) is 11.8 Å². The fourth-order valence-corrected chi connectivity index (χ4v) is 8.75. The lowest BCUT2D eigenvalue weighted by molar-refractivity contribution is 0.231. The molecule has 2 bridgehead atoms. The maximum Gasteiger partial charge on any atom is 0.228 e. The lowest BCUT2D eigenvalue weighted by Crippen LogP contribution is -2.26. The Morgan fingerprint density at radius 2 is 1.68 bits per heavy atom. The number of sulfone groups is 2. The van der Waals surface area contributed by atoms with E-state index >= 15 is 0 Å². The molecule has 2 aliphatic carbocycles. The van der Waals surface area contributed by atoms with Gasteiger partial charge in [-0.15, -0.1) is 0 Å². The fourth-order valence-electron chi connectivity index (χ4n) is 5.65. The number of aryl methyl sites for hydroxylation is 1. The summed E-state index contributed by atoms with van der Waals surface area (Å²) in [6, 6.07) is 8.26. The summed E-state index contributed by atoms with van der Waals surface area (Å²) in [6.07, 6.45) is 5.02. The summed E-state index contributed by atoms with van der Waals surface area (Å²) in [5.74, 6) is 1.52. The summed E-state index contributed by atoms with van der Waals surface area (Å²) in [6.45, 7) is 5.90. The van der Waals surface area contributed by atoms with Gasteiger partial charge in [-0.3, -0.25) is 0 Å². The highest BCUT2D eigenvalue weighted by Crippen LogP contribution is 2.52. The second-order valence-electron chi connectivity index (χ2n) is 9.32. The van der Waals surface area contributed by atoms with Crippen LogP contribution in [0.1, 0.15) is 56.5 Å². The smallest absolute Gasteiger partial charge is 0.228 e. The Bertz CT molecular complexity index is 1150. The SMILES string of the molecule is Cc1nc(S(=O)(=O)CCCS(=O)(=O)c2ccccc2)n([C@H](C)[C@H]2C[C@H]3CC[C@H]2C3)c1C. The van der Waals surface area contributed by atoms with Crippen LogP contribution in [-0.4, -0.2) is 37.9 Å². The number of imidazole rings is 1. The quantitative estimate of drug-likeness (QED) is 0.586. The van der Waals surface area contributed by atoms with E-state index in [4.69, 9.17) is 0 Å². The minimum Gasteiger partial charge on any atom is -0.316 e. The third-order valence-electron chi connectivity index (χ3n) is 7.38. The predicted molar refractivity (Wildman–Crippen MR) is 121 cm³/mol. The molecule has 4 atom stereocenters. The molecule has 170 valence electrons. The molecule has 8 heteroatoms. The molecular weight excluding hydrogens is 432 g/mol. The normalized spacial score (nSPS) is 24.5. The minimum absolute atomic E-state index is 0.0486. The van der Waals surface area contributed by atoms with Gasteiger partial charge in [0.05, 0.1) is 22.1 Å². The van der Waals surface area contributed by atoms with E-state index in [1.807, 2.05) is 18.4 Å². The Kier molecular flexibility index (Phi) is 6.07. The lowest BCUT2D eigenvalue weighted by Gasteiger charge is -2.30. The Morgan fingerprint density at radius 3 is 2.29 bits per heavy atom. The molecular formula is C23H32N2O4S2. The van der Waals surface area contributed by atoms with Gasteiger partial charge in [-0.1, -0.05) is 24.6 Å². The van der Waals surface area contributed by atoms with E-state index in [0.717, 1.165) is 23.7 Å². The molecule has 0 N–H and O–H groups in total. The van der Waals surface area contributed by atoms with Crippen molar-refractivity contribution in [3.05, 3.63) is 41.7 Å². The van der Waals surface area contributed by atoms with Gasteiger partial charge >= 0.3 is 0 Å². The molecule has 1 heterocycles. The number of fused-ring (bicyclic) bond motifs is 2. The van der Waals surface area contributed by atoms with Gasteiger partial charge in [0.25, 0.3) is 0 Å². The summed E-state index contributed by atoms with van der Waals surface area (Å²) in [7, 11) is -7.20. The molecule has 0 radical (unpaired) electrons. The number of benzene rings is 1. The highest BCUT2D eigenvalue weighted by atomic mass is 32.2. The average Bonchev–Trinajstić information content (AvgIpc) is 3.44. The average molecular weight is 465 g/mol. The molecule has 0 saturated heterocycles. The predicted octanol–water partition coefficient (Wildman–Crippen LogP) is 4.13. The molecule has 1 aromatic carbocycles. The Labute approximate surface area is 185 Å². The number of nitrogens with zero attached hydrogens (tertiary/aromatic N) is 2. The van der Waals surface area contributed by atoms with Crippen molar-refractivity contribution in [1.29, 1.82) is 0 Å². The van der Waals surface area contributed by atoms with Gasteiger partial charge in [-0.05, 0) is 76.3 Å². The molecule has 1 aromatic heterocycles. The first-order valence-electron chi connectivity index (χ1n) is 11.2. The third kappa shape index (κ3) is 4.33. The molecule has 0 aliphatic heterocycles. The van der Waals surface area contributed by atoms with Gasteiger partial charge in [0, 0.05) is 11.7 Å². The van der Waals surface area contributed by atoms with Crippen molar-refractivity contribution in [1.82, 2.24) is 9.55 Å². The molecule has 2 aromatic rings. The summed E-state index contributed by atoms with van der Waals surface area (Å²) in [5.41, 5.74) is 1.62. The largest absolute Gasteiger partial charge is 0.316 e. The van der Waals surface area contributed by atoms with Crippen LogP contribution in [-0.2, 0) is 19.7 Å². The van der Waals surface area contributed by atoms with E-state index < -0.39 is 19.7 Å². The summed E-state index contributed by atoms with van der Waals surface area (Å²) >= 11 is 0. The first-order chi connectivity index (χ1) is 14.6. The molecule has 6 nitrogen and oxygen atoms in total. The van der Waals surface area contributed by atoms with E-state index in [1.54, 1.807) is 30.3 Å². The second kappa shape index (κ2) is 8.35. The van der Waals surface area contributed by atoms with E-state index in [-0.39, 0.29) is 34.0 Å². The molecule has 31 heavy (non-hydrogen) atoms. The van der Waals surface area contributed by atoms with Crippen molar-refractivity contribution >= 4 is 19.7 Å². The van der Waals surface area contributed by atoms with Crippen molar-refractivity contribution in [2.24, 2.45) is 17.8 Å². The van der Waals surface area contributed by atoms with Crippen LogP contribution < -0.4 is 0 Å². The van der Waals surface area contributed by atoms with Crippen molar-refractivity contribution in [3.8, 4) is 0 Å². The standard InChI is InChI=1S/C23H32N2O4S2/c1-16-17(2)25(18(3)22-15-19-10-11-20(22)14-19)23(24-16)31(28,29)13-7-12-30(26,27)21-8-5-4-6-9-21/h4-6,8-9,18-20,22H,7,10-15H2,1-3H3/t18-,19+,20+,22-/m1/s1. The van der Waals surface area contributed by atoms with Gasteiger partial charge in [-0.25, -0.2) is 21.8 Å². The molecule has 2 aliphatic rings. The topological polar surface area (TPSA) is 86.1 Å². The van der Waals surface area contributed by atoms with Crippen LogP contribution in [0.3, 0.4) is 0 Å². The summed E-state index contributed by atoms with van der Waals surface area (Å²) < 4.78 is 53.4. The lowest BCUT2D eigenvalue weighted by atomic mass is 9.84. The van der Waals surface area contributed by atoms with Gasteiger partial charge < -0.3 is 4.57 Å². The van der Waals surface area contributed by atoms with Crippen LogP contribution in [0.5, 0.6) is 0 Å². The first-order valence-corrected chi connectivity index (χ1v) is 14.5. The van der Waals surface area contributed by atoms with Crippen LogP contribution in [0.4, 0.5) is 0 Å². The van der Waals surface area contributed by atoms with Gasteiger partial charge in [0.15, 0.2) is 9.84 Å². The van der Waals surface area contributed by atoms with Crippen LogP contribution in [0.25, 0.3) is 0 Å². The third-order valence-corrected chi connectivity index (χ3v) is 10.9. The second-order valence-corrected chi connectivity index (χ2v) is 13.4. The zero-order valence-electron chi connectivity index (χ0n) is 18.5. The zero-order chi connectivity index (χ0) is 22.4. The number of aromatic nitrogens is 2. The van der Waals surface area contributed by atoms with E-state index in [1.165, 1.54) is 19.3 Å². The molecule has 0 amide bonds. The number of hydrogen-bond donors (Lipinski definition) is 0. The number of rotatable bonds is 8. The van der Waals surface area contributed by atoms with E-state index in [9.17, 15) is 16.8 Å². The molecule has 2 fully saturated rings. The van der Waals surface area contributed by atoms with Crippen LogP contribution >= 0.6 is 0 Å². The Balaban J connectivity index is 1.53. The number of hydrogen-bond acceptors (Lipinski definition) is 5. The Morgan fingerprint density at radius 1 is 1.00 bits per heavy atom. The maximum atomic E-state index is 13.2. The van der Waals surface area contributed by atoms with Crippen molar-refractivity contribution in [3.63, 3.8) is 0 Å². The molecule has 0 spiro atoms. The molecule has 4 rings (SSSR count). The maximum absolute atomic E-state index is 13.2. The molecule has 2 saturated carbocycles. The van der Waals surface area contributed by atoms with Crippen molar-refractivity contribution in [2.75, 3.05) is 11.5 Å². The van der Waals surface area contributed by atoms with Crippen LogP contribution in [0.15, 0.2) is 40.4 Å². The van der Waals surface area contributed by atoms with E-state index in [2.05, 4.69) is 11.9 Å². The monoisotopic (exact) mass is 464 g/mol. The summed E-state index contributed by atoms with van der Waals surface area (Å²) in [5, 5.41) is 0.106. The zero-order valence-corrected chi connectivity index (χ0v) is 20.1. The fraction of sp³-hybridized carbons (Fsp3) is 0.609. The van der Waals surface area contributed by atoms with Crippen molar-refractivity contribution < 1.29 is 16.8 Å². The Hall–Kier alpha value is -1.67. The molecule has 0 unspecified atom stereocenters. The van der Waals surface area contributed by atoms with Crippen LogP contribution in [0, 0.1) is 31.6 Å². The first kappa shape index (κ1) is 22.5. The highest BCUT2D eigenvalue weighted by molar-refractivity contribution is 7.92. The highest BCUT2D eigenvalue weighted by Gasteiger charge is 2.43. The summed E-state index contributed by atoms with van der Waals surface area (Å²) in [4.78, 5) is 4.66. The van der Waals surface area contributed by atoms with Gasteiger partial charge in [0.2, 0.25) is 15.0 Å². The minimum atomic E-state index is -3.70. The van der Waals surface area contributed by atoms with Crippen molar-refractivity contribution in [2.45, 2.75) is 69.0 Å².